The fraction of sp³-hybridized carbons (Fsp3) is 0.278. The summed E-state index contributed by atoms with van der Waals surface area (Å²) in [6, 6.07) is 9.73. The van der Waals surface area contributed by atoms with E-state index < -0.39 is 11.8 Å². The zero-order chi connectivity index (χ0) is 18.1. The Labute approximate surface area is 144 Å². The molecule has 0 aliphatic carbocycles. The van der Waals surface area contributed by atoms with Crippen LogP contribution < -0.4 is 16.2 Å². The largest absolute Gasteiger partial charge is 0.370 e. The maximum Gasteiger partial charge on any atom is 0.267 e. The average molecular weight is 339 g/mol. The molecule has 0 aliphatic rings. The standard InChI is InChI=1S/C18H21N5O2/c1-10-16(18(25)22-21-10)12(9-15(19)24)13-8-11-6-4-5-7-14(11)20-17(13)23(2)3/h4-8,12H,9H2,1-3H3,(H2,19,24)(H2,21,22,25)/t12-/m0/s1. The minimum Gasteiger partial charge on any atom is -0.370 e. The molecule has 2 heterocycles. The number of aromatic nitrogens is 3. The molecule has 0 saturated carbocycles. The van der Waals surface area contributed by atoms with E-state index in [0.717, 1.165) is 16.5 Å². The molecular weight excluding hydrogens is 318 g/mol. The topological polar surface area (TPSA) is 108 Å². The highest BCUT2D eigenvalue weighted by Gasteiger charge is 2.27. The van der Waals surface area contributed by atoms with Crippen molar-refractivity contribution < 1.29 is 4.79 Å². The van der Waals surface area contributed by atoms with Crippen molar-refractivity contribution in [2.45, 2.75) is 19.3 Å². The van der Waals surface area contributed by atoms with E-state index in [0.29, 0.717) is 17.1 Å². The number of H-pyrrole nitrogens is 2. The van der Waals surface area contributed by atoms with E-state index >= 15 is 0 Å². The SMILES string of the molecule is Cc1[nH][nH]c(=O)c1[C@@H](CC(N)=O)c1cc2ccccc2nc1N(C)C. The molecule has 4 N–H and O–H groups in total. The number of hydrogen-bond donors (Lipinski definition) is 3. The number of aromatic amines is 2. The van der Waals surface area contributed by atoms with E-state index in [1.165, 1.54) is 0 Å². The number of amides is 1. The van der Waals surface area contributed by atoms with Crippen LogP contribution in [0.15, 0.2) is 35.1 Å². The van der Waals surface area contributed by atoms with Gasteiger partial charge < -0.3 is 15.7 Å². The Morgan fingerprint density at radius 3 is 2.60 bits per heavy atom. The number of nitrogens with zero attached hydrogens (tertiary/aromatic N) is 2. The number of fused-ring (bicyclic) bond motifs is 1. The summed E-state index contributed by atoms with van der Waals surface area (Å²) in [4.78, 5) is 30.6. The number of rotatable bonds is 5. The van der Waals surface area contributed by atoms with Crippen LogP contribution in [0.1, 0.15) is 29.2 Å². The van der Waals surface area contributed by atoms with E-state index in [4.69, 9.17) is 10.7 Å². The fourth-order valence-corrected chi connectivity index (χ4v) is 3.18. The molecule has 1 aromatic carbocycles. The van der Waals surface area contributed by atoms with Crippen molar-refractivity contribution in [2.24, 2.45) is 5.73 Å². The fourth-order valence-electron chi connectivity index (χ4n) is 3.18. The summed E-state index contributed by atoms with van der Waals surface area (Å²) in [7, 11) is 3.77. The van der Waals surface area contributed by atoms with Gasteiger partial charge in [0, 0.05) is 48.6 Å². The quantitative estimate of drug-likeness (QED) is 0.656. The van der Waals surface area contributed by atoms with E-state index in [1.54, 1.807) is 6.92 Å². The smallest absolute Gasteiger partial charge is 0.267 e. The summed E-state index contributed by atoms with van der Waals surface area (Å²) < 4.78 is 0. The molecule has 0 saturated heterocycles. The molecule has 2 aromatic heterocycles. The molecule has 0 bridgehead atoms. The second-order valence-corrected chi connectivity index (χ2v) is 6.33. The van der Waals surface area contributed by atoms with Gasteiger partial charge in [-0.25, -0.2) is 4.98 Å². The Bertz CT molecular complexity index is 987. The Morgan fingerprint density at radius 1 is 1.28 bits per heavy atom. The number of aryl methyl sites for hydroxylation is 1. The minimum absolute atomic E-state index is 0.0304. The molecule has 0 radical (unpaired) electrons. The number of benzene rings is 1. The summed E-state index contributed by atoms with van der Waals surface area (Å²) in [5.41, 5.74) is 8.09. The van der Waals surface area contributed by atoms with Crippen molar-refractivity contribution in [3.8, 4) is 0 Å². The third-order valence-corrected chi connectivity index (χ3v) is 4.30. The summed E-state index contributed by atoms with van der Waals surface area (Å²) >= 11 is 0. The van der Waals surface area contributed by atoms with E-state index in [-0.39, 0.29) is 12.0 Å². The first-order chi connectivity index (χ1) is 11.9. The van der Waals surface area contributed by atoms with Crippen molar-refractivity contribution >= 4 is 22.6 Å². The van der Waals surface area contributed by atoms with E-state index in [9.17, 15) is 9.59 Å². The predicted octanol–water partition coefficient (Wildman–Crippen LogP) is 1.63. The highest BCUT2D eigenvalue weighted by molar-refractivity contribution is 5.83. The second-order valence-electron chi connectivity index (χ2n) is 6.33. The highest BCUT2D eigenvalue weighted by atomic mass is 16.1. The Hall–Kier alpha value is -3.09. The summed E-state index contributed by atoms with van der Waals surface area (Å²) in [6.45, 7) is 1.80. The molecule has 0 unspecified atom stereocenters. The molecule has 25 heavy (non-hydrogen) atoms. The lowest BCUT2D eigenvalue weighted by molar-refractivity contribution is -0.118. The first kappa shape index (κ1) is 16.8. The highest BCUT2D eigenvalue weighted by Crippen LogP contribution is 2.35. The maximum atomic E-state index is 12.3. The van der Waals surface area contributed by atoms with Gasteiger partial charge in [-0.1, -0.05) is 18.2 Å². The van der Waals surface area contributed by atoms with Crippen LogP contribution in [0.3, 0.4) is 0 Å². The van der Waals surface area contributed by atoms with Gasteiger partial charge in [-0.05, 0) is 19.1 Å². The number of carbonyl (C=O) groups is 1. The van der Waals surface area contributed by atoms with Gasteiger partial charge in [-0.3, -0.25) is 14.7 Å². The number of para-hydroxylation sites is 1. The zero-order valence-corrected chi connectivity index (χ0v) is 14.5. The predicted molar refractivity (Wildman–Crippen MR) is 97.9 cm³/mol. The maximum absolute atomic E-state index is 12.3. The van der Waals surface area contributed by atoms with Gasteiger partial charge in [0.05, 0.1) is 5.52 Å². The van der Waals surface area contributed by atoms with Crippen LogP contribution in [0.4, 0.5) is 5.82 Å². The van der Waals surface area contributed by atoms with Crippen molar-refractivity contribution in [3.63, 3.8) is 0 Å². The molecule has 1 atom stereocenters. The summed E-state index contributed by atoms with van der Waals surface area (Å²) in [5, 5.41) is 6.35. The number of pyridine rings is 1. The number of nitrogens with two attached hydrogens (primary N) is 1. The lowest BCUT2D eigenvalue weighted by Crippen LogP contribution is -2.23. The average Bonchev–Trinajstić information content (AvgIpc) is 2.90. The van der Waals surface area contributed by atoms with Crippen molar-refractivity contribution in [3.05, 3.63) is 57.5 Å². The van der Waals surface area contributed by atoms with Crippen LogP contribution in [-0.2, 0) is 4.79 Å². The zero-order valence-electron chi connectivity index (χ0n) is 14.5. The molecule has 7 nitrogen and oxygen atoms in total. The molecule has 3 rings (SSSR count). The third kappa shape index (κ3) is 3.13. The number of hydrogen-bond acceptors (Lipinski definition) is 4. The normalized spacial score (nSPS) is 12.3. The van der Waals surface area contributed by atoms with Gasteiger partial charge in [-0.2, -0.15) is 0 Å². The van der Waals surface area contributed by atoms with Crippen molar-refractivity contribution in [1.29, 1.82) is 0 Å². The van der Waals surface area contributed by atoms with Crippen LogP contribution in [0.25, 0.3) is 10.9 Å². The molecule has 3 aromatic rings. The Morgan fingerprint density at radius 2 is 2.00 bits per heavy atom. The van der Waals surface area contributed by atoms with Crippen LogP contribution >= 0.6 is 0 Å². The first-order valence-electron chi connectivity index (χ1n) is 8.01. The minimum atomic E-state index is -0.470. The van der Waals surface area contributed by atoms with Gasteiger partial charge in [0.2, 0.25) is 5.91 Å². The van der Waals surface area contributed by atoms with E-state index in [1.807, 2.05) is 49.3 Å². The number of anilines is 1. The molecule has 0 aliphatic heterocycles. The Kier molecular flexibility index (Phi) is 4.31. The number of primary amides is 1. The molecule has 7 heteroatoms. The summed E-state index contributed by atoms with van der Waals surface area (Å²) in [5.74, 6) is -0.227. The van der Waals surface area contributed by atoms with Gasteiger partial charge in [0.25, 0.3) is 5.56 Å². The molecule has 130 valence electrons. The monoisotopic (exact) mass is 339 g/mol. The second kappa shape index (κ2) is 6.43. The van der Waals surface area contributed by atoms with Crippen LogP contribution in [0.2, 0.25) is 0 Å². The van der Waals surface area contributed by atoms with Gasteiger partial charge in [0.1, 0.15) is 5.82 Å². The summed E-state index contributed by atoms with van der Waals surface area (Å²) in [6.07, 6.45) is 0.0304. The lowest BCUT2D eigenvalue weighted by Gasteiger charge is -2.23. The van der Waals surface area contributed by atoms with Gasteiger partial charge >= 0.3 is 0 Å². The van der Waals surface area contributed by atoms with Crippen molar-refractivity contribution in [2.75, 3.05) is 19.0 Å². The number of nitrogens with one attached hydrogen (secondary N) is 2. The van der Waals surface area contributed by atoms with Crippen LogP contribution in [0, 0.1) is 6.92 Å². The third-order valence-electron chi connectivity index (χ3n) is 4.30. The first-order valence-corrected chi connectivity index (χ1v) is 8.01. The number of carbonyl (C=O) groups excluding carboxylic acids is 1. The van der Waals surface area contributed by atoms with Gasteiger partial charge in [0.15, 0.2) is 0 Å². The lowest BCUT2D eigenvalue weighted by atomic mass is 9.87. The Balaban J connectivity index is 2.29. The van der Waals surface area contributed by atoms with Crippen LogP contribution in [-0.4, -0.2) is 35.2 Å². The molecule has 1 amide bonds. The van der Waals surface area contributed by atoms with E-state index in [2.05, 4.69) is 10.2 Å². The molecule has 0 fully saturated rings. The van der Waals surface area contributed by atoms with Crippen molar-refractivity contribution in [1.82, 2.24) is 15.2 Å². The molecular formula is C18H21N5O2. The molecule has 0 spiro atoms. The van der Waals surface area contributed by atoms with Crippen LogP contribution in [0.5, 0.6) is 0 Å². The van der Waals surface area contributed by atoms with Gasteiger partial charge in [-0.15, -0.1) is 0 Å².